The van der Waals surface area contributed by atoms with Crippen molar-refractivity contribution in [1.82, 2.24) is 9.78 Å². The molecular formula is C12H15N3O2. The number of anilines is 1. The highest BCUT2D eigenvalue weighted by molar-refractivity contribution is 6.01. The highest BCUT2D eigenvalue weighted by Crippen LogP contribution is 2.13. The van der Waals surface area contributed by atoms with Gasteiger partial charge in [0.1, 0.15) is 11.6 Å². The van der Waals surface area contributed by atoms with Crippen LogP contribution in [0.4, 0.5) is 5.82 Å². The molecule has 0 radical (unpaired) electrons. The monoisotopic (exact) mass is 233 g/mol. The first-order valence-electron chi connectivity index (χ1n) is 5.51. The Kier molecular flexibility index (Phi) is 2.99. The Bertz CT molecular complexity index is 540. The number of amides is 1. The molecule has 2 heterocycles. The number of aryl methyl sites for hydroxylation is 3. The van der Waals surface area contributed by atoms with Gasteiger partial charge in [0.15, 0.2) is 5.76 Å². The van der Waals surface area contributed by atoms with E-state index in [0.29, 0.717) is 11.6 Å². The Morgan fingerprint density at radius 1 is 1.53 bits per heavy atom. The maximum Gasteiger partial charge on any atom is 0.292 e. The summed E-state index contributed by atoms with van der Waals surface area (Å²) in [5.74, 6) is 1.52. The summed E-state index contributed by atoms with van der Waals surface area (Å²) in [6, 6.07) is 5.29. The van der Waals surface area contributed by atoms with Gasteiger partial charge in [0.05, 0.1) is 5.69 Å². The molecule has 0 spiro atoms. The summed E-state index contributed by atoms with van der Waals surface area (Å²) in [6.07, 6.45) is 0.776. The molecule has 2 rings (SSSR count). The van der Waals surface area contributed by atoms with E-state index in [9.17, 15) is 4.79 Å². The van der Waals surface area contributed by atoms with Gasteiger partial charge in [-0.15, -0.1) is 0 Å². The quantitative estimate of drug-likeness (QED) is 0.883. The zero-order valence-corrected chi connectivity index (χ0v) is 10.2. The fraction of sp³-hybridized carbons (Fsp3) is 0.333. The minimum atomic E-state index is -0.257. The van der Waals surface area contributed by atoms with E-state index in [0.717, 1.165) is 17.9 Å². The Morgan fingerprint density at radius 2 is 2.29 bits per heavy atom. The molecule has 5 nitrogen and oxygen atoms in total. The van der Waals surface area contributed by atoms with Crippen molar-refractivity contribution in [2.75, 3.05) is 5.32 Å². The SMILES string of the molecule is CCc1ccc(C(=O)Nc2cc(C)nn2C)o1. The molecule has 0 unspecified atom stereocenters. The van der Waals surface area contributed by atoms with E-state index in [1.807, 2.05) is 26.0 Å². The van der Waals surface area contributed by atoms with Gasteiger partial charge in [-0.1, -0.05) is 6.92 Å². The van der Waals surface area contributed by atoms with Crippen LogP contribution in [-0.2, 0) is 13.5 Å². The molecular weight excluding hydrogens is 218 g/mol. The van der Waals surface area contributed by atoms with E-state index in [-0.39, 0.29) is 5.91 Å². The highest BCUT2D eigenvalue weighted by atomic mass is 16.3. The molecule has 0 atom stereocenters. The van der Waals surface area contributed by atoms with Crippen LogP contribution < -0.4 is 5.32 Å². The number of carbonyl (C=O) groups excluding carboxylic acids is 1. The largest absolute Gasteiger partial charge is 0.456 e. The lowest BCUT2D eigenvalue weighted by Crippen LogP contribution is -2.13. The fourth-order valence-electron chi connectivity index (χ4n) is 1.60. The molecule has 0 saturated heterocycles. The second-order valence-corrected chi connectivity index (χ2v) is 3.87. The molecule has 0 saturated carbocycles. The zero-order valence-electron chi connectivity index (χ0n) is 10.2. The number of hydrogen-bond donors (Lipinski definition) is 1. The summed E-state index contributed by atoms with van der Waals surface area (Å²) < 4.78 is 6.99. The van der Waals surface area contributed by atoms with Crippen LogP contribution in [0.2, 0.25) is 0 Å². The third-order valence-electron chi connectivity index (χ3n) is 2.48. The molecule has 5 heteroatoms. The predicted octanol–water partition coefficient (Wildman–Crippen LogP) is 2.14. The molecule has 1 N–H and O–H groups in total. The summed E-state index contributed by atoms with van der Waals surface area (Å²) >= 11 is 0. The molecule has 0 fully saturated rings. The minimum absolute atomic E-state index is 0.257. The Labute approximate surface area is 99.4 Å². The lowest BCUT2D eigenvalue weighted by molar-refractivity contribution is 0.0994. The smallest absolute Gasteiger partial charge is 0.292 e. The van der Waals surface area contributed by atoms with Crippen molar-refractivity contribution in [3.8, 4) is 0 Å². The second-order valence-electron chi connectivity index (χ2n) is 3.87. The molecule has 0 bridgehead atoms. The Morgan fingerprint density at radius 3 is 2.82 bits per heavy atom. The van der Waals surface area contributed by atoms with E-state index in [4.69, 9.17) is 4.42 Å². The van der Waals surface area contributed by atoms with Crippen LogP contribution in [0.1, 0.15) is 28.9 Å². The minimum Gasteiger partial charge on any atom is -0.456 e. The van der Waals surface area contributed by atoms with Crippen molar-refractivity contribution in [3.63, 3.8) is 0 Å². The third-order valence-corrected chi connectivity index (χ3v) is 2.48. The van der Waals surface area contributed by atoms with Crippen LogP contribution in [0.15, 0.2) is 22.6 Å². The first-order valence-corrected chi connectivity index (χ1v) is 5.51. The van der Waals surface area contributed by atoms with Gasteiger partial charge >= 0.3 is 0 Å². The molecule has 0 aliphatic heterocycles. The topological polar surface area (TPSA) is 60.1 Å². The first-order chi connectivity index (χ1) is 8.10. The first kappa shape index (κ1) is 11.4. The number of nitrogens with one attached hydrogen (secondary N) is 1. The lowest BCUT2D eigenvalue weighted by Gasteiger charge is -2.02. The van der Waals surface area contributed by atoms with Crippen LogP contribution >= 0.6 is 0 Å². The average Bonchev–Trinajstić information content (AvgIpc) is 2.86. The maximum atomic E-state index is 11.9. The lowest BCUT2D eigenvalue weighted by atomic mass is 10.3. The standard InChI is InChI=1S/C12H15N3O2/c1-4-9-5-6-10(17-9)12(16)13-11-7-8(2)14-15(11)3/h5-7H,4H2,1-3H3,(H,13,16). The number of nitrogens with zero attached hydrogens (tertiary/aromatic N) is 2. The number of aromatic nitrogens is 2. The van der Waals surface area contributed by atoms with Crippen molar-refractivity contribution < 1.29 is 9.21 Å². The third kappa shape index (κ3) is 2.38. The van der Waals surface area contributed by atoms with E-state index in [2.05, 4.69) is 10.4 Å². The Balaban J connectivity index is 2.14. The predicted molar refractivity (Wildman–Crippen MR) is 64.0 cm³/mol. The van der Waals surface area contributed by atoms with Gasteiger partial charge in [-0.3, -0.25) is 9.48 Å². The number of hydrogen-bond acceptors (Lipinski definition) is 3. The van der Waals surface area contributed by atoms with E-state index >= 15 is 0 Å². The normalized spacial score (nSPS) is 10.5. The van der Waals surface area contributed by atoms with E-state index < -0.39 is 0 Å². The summed E-state index contributed by atoms with van der Waals surface area (Å²) in [6.45, 7) is 3.85. The summed E-state index contributed by atoms with van der Waals surface area (Å²) in [4.78, 5) is 11.9. The van der Waals surface area contributed by atoms with Crippen molar-refractivity contribution in [2.24, 2.45) is 7.05 Å². The summed E-state index contributed by atoms with van der Waals surface area (Å²) in [7, 11) is 1.78. The van der Waals surface area contributed by atoms with Gasteiger partial charge in [0.25, 0.3) is 5.91 Å². The van der Waals surface area contributed by atoms with Crippen LogP contribution in [0.5, 0.6) is 0 Å². The van der Waals surface area contributed by atoms with Gasteiger partial charge < -0.3 is 9.73 Å². The number of rotatable bonds is 3. The van der Waals surface area contributed by atoms with Crippen molar-refractivity contribution >= 4 is 11.7 Å². The Hall–Kier alpha value is -2.04. The molecule has 0 aromatic carbocycles. The maximum absolute atomic E-state index is 11.9. The molecule has 1 amide bonds. The summed E-state index contributed by atoms with van der Waals surface area (Å²) in [5.41, 5.74) is 0.858. The molecule has 2 aromatic heterocycles. The van der Waals surface area contributed by atoms with Crippen molar-refractivity contribution in [3.05, 3.63) is 35.4 Å². The van der Waals surface area contributed by atoms with Crippen molar-refractivity contribution in [2.45, 2.75) is 20.3 Å². The van der Waals surface area contributed by atoms with Crippen molar-refractivity contribution in [1.29, 1.82) is 0 Å². The average molecular weight is 233 g/mol. The van der Waals surface area contributed by atoms with Crippen LogP contribution in [0, 0.1) is 6.92 Å². The van der Waals surface area contributed by atoms with Gasteiger partial charge in [-0.25, -0.2) is 0 Å². The van der Waals surface area contributed by atoms with Crippen LogP contribution in [0.3, 0.4) is 0 Å². The van der Waals surface area contributed by atoms with Gasteiger partial charge in [-0.2, -0.15) is 5.10 Å². The zero-order chi connectivity index (χ0) is 12.4. The molecule has 2 aromatic rings. The van der Waals surface area contributed by atoms with Gasteiger partial charge in [0, 0.05) is 19.5 Å². The number of furan rings is 1. The van der Waals surface area contributed by atoms with Gasteiger partial charge in [-0.05, 0) is 19.1 Å². The number of carbonyl (C=O) groups is 1. The fourth-order valence-corrected chi connectivity index (χ4v) is 1.60. The molecule has 17 heavy (non-hydrogen) atoms. The summed E-state index contributed by atoms with van der Waals surface area (Å²) in [5, 5.41) is 6.90. The molecule has 90 valence electrons. The molecule has 0 aliphatic rings. The van der Waals surface area contributed by atoms with Gasteiger partial charge in [0.2, 0.25) is 0 Å². The van der Waals surface area contributed by atoms with E-state index in [1.54, 1.807) is 17.8 Å². The van der Waals surface area contributed by atoms with E-state index in [1.165, 1.54) is 0 Å². The van der Waals surface area contributed by atoms with Crippen LogP contribution in [-0.4, -0.2) is 15.7 Å². The molecule has 0 aliphatic carbocycles. The van der Waals surface area contributed by atoms with Crippen LogP contribution in [0.25, 0.3) is 0 Å². The highest BCUT2D eigenvalue weighted by Gasteiger charge is 2.12. The second kappa shape index (κ2) is 4.45.